The SMILES string of the molecule is NC(=O)C1CC(O)CN1S(=O)(=O)c1ccc(N)cc1F. The Hall–Kier alpha value is -1.71. The molecule has 1 amide bonds. The van der Waals surface area contributed by atoms with Crippen molar-refractivity contribution in [3.63, 3.8) is 0 Å². The molecule has 2 atom stereocenters. The number of halogens is 1. The number of amides is 1. The minimum Gasteiger partial charge on any atom is -0.399 e. The average molecular weight is 303 g/mol. The Bertz CT molecular complexity index is 649. The number of hydrogen-bond acceptors (Lipinski definition) is 5. The van der Waals surface area contributed by atoms with E-state index in [0.29, 0.717) is 4.31 Å². The molecule has 0 spiro atoms. The third-order valence-electron chi connectivity index (χ3n) is 3.10. The second-order valence-corrected chi connectivity index (χ2v) is 6.43. The van der Waals surface area contributed by atoms with Crippen LogP contribution >= 0.6 is 0 Å². The Morgan fingerprint density at radius 3 is 2.65 bits per heavy atom. The maximum Gasteiger partial charge on any atom is 0.246 e. The quantitative estimate of drug-likeness (QED) is 0.618. The molecule has 0 aromatic heterocycles. The lowest BCUT2D eigenvalue weighted by atomic mass is 10.2. The second-order valence-electron chi connectivity index (χ2n) is 4.57. The van der Waals surface area contributed by atoms with E-state index in [-0.39, 0.29) is 18.7 Å². The summed E-state index contributed by atoms with van der Waals surface area (Å²) in [5.41, 5.74) is 10.6. The zero-order valence-corrected chi connectivity index (χ0v) is 11.2. The van der Waals surface area contributed by atoms with Gasteiger partial charge in [-0.3, -0.25) is 4.79 Å². The monoisotopic (exact) mass is 303 g/mol. The van der Waals surface area contributed by atoms with Gasteiger partial charge in [-0.15, -0.1) is 0 Å². The molecular formula is C11H14FN3O4S. The lowest BCUT2D eigenvalue weighted by Gasteiger charge is -2.21. The number of nitrogens with zero attached hydrogens (tertiary/aromatic N) is 1. The van der Waals surface area contributed by atoms with Crippen LogP contribution in [0.25, 0.3) is 0 Å². The van der Waals surface area contributed by atoms with Crippen LogP contribution in [0.5, 0.6) is 0 Å². The topological polar surface area (TPSA) is 127 Å². The molecule has 9 heteroatoms. The van der Waals surface area contributed by atoms with Gasteiger partial charge in [0.2, 0.25) is 15.9 Å². The highest BCUT2D eigenvalue weighted by Crippen LogP contribution is 2.28. The van der Waals surface area contributed by atoms with Crippen LogP contribution in [0.1, 0.15) is 6.42 Å². The van der Waals surface area contributed by atoms with Crippen LogP contribution in [-0.2, 0) is 14.8 Å². The molecule has 0 bridgehead atoms. The molecule has 2 unspecified atom stereocenters. The Balaban J connectivity index is 2.46. The van der Waals surface area contributed by atoms with E-state index in [0.717, 1.165) is 12.1 Å². The molecule has 20 heavy (non-hydrogen) atoms. The number of benzene rings is 1. The van der Waals surface area contributed by atoms with E-state index in [1.807, 2.05) is 0 Å². The van der Waals surface area contributed by atoms with E-state index in [1.54, 1.807) is 0 Å². The average Bonchev–Trinajstić information content (AvgIpc) is 2.71. The lowest BCUT2D eigenvalue weighted by Crippen LogP contribution is -2.43. The molecule has 1 aromatic rings. The summed E-state index contributed by atoms with van der Waals surface area (Å²) in [6, 6.07) is 1.94. The number of carbonyl (C=O) groups is 1. The number of primary amides is 1. The Morgan fingerprint density at radius 2 is 2.10 bits per heavy atom. The largest absolute Gasteiger partial charge is 0.399 e. The van der Waals surface area contributed by atoms with Crippen molar-refractivity contribution in [1.29, 1.82) is 0 Å². The number of nitrogen functional groups attached to an aromatic ring is 1. The molecule has 0 saturated carbocycles. The standard InChI is InChI=1S/C11H14FN3O4S/c12-8-3-6(13)1-2-10(8)20(18,19)15-5-7(16)4-9(15)11(14)17/h1-3,7,9,16H,4-5,13H2,(H2,14,17). The van der Waals surface area contributed by atoms with Gasteiger partial charge in [-0.1, -0.05) is 0 Å². The molecule has 1 aliphatic rings. The molecule has 1 saturated heterocycles. The molecular weight excluding hydrogens is 289 g/mol. The number of β-amino-alcohol motifs (C(OH)–C–C–N with tert-alkyl or cyclic N) is 1. The zero-order chi connectivity index (χ0) is 15.1. The van der Waals surface area contributed by atoms with E-state index in [1.165, 1.54) is 6.07 Å². The van der Waals surface area contributed by atoms with E-state index in [9.17, 15) is 22.7 Å². The van der Waals surface area contributed by atoms with Gasteiger partial charge in [0.05, 0.1) is 6.10 Å². The van der Waals surface area contributed by atoms with Gasteiger partial charge in [0.25, 0.3) is 0 Å². The molecule has 110 valence electrons. The summed E-state index contributed by atoms with van der Waals surface area (Å²) in [7, 11) is -4.27. The van der Waals surface area contributed by atoms with Crippen LogP contribution in [0, 0.1) is 5.82 Å². The molecule has 1 aromatic carbocycles. The van der Waals surface area contributed by atoms with Crippen LogP contribution in [0.15, 0.2) is 23.1 Å². The number of rotatable bonds is 3. The van der Waals surface area contributed by atoms with Gasteiger partial charge in [-0.2, -0.15) is 4.31 Å². The van der Waals surface area contributed by atoms with Gasteiger partial charge in [-0.25, -0.2) is 12.8 Å². The predicted octanol–water partition coefficient (Wildman–Crippen LogP) is -0.983. The third-order valence-corrected chi connectivity index (χ3v) is 5.01. The predicted molar refractivity (Wildman–Crippen MR) is 68.3 cm³/mol. The van der Waals surface area contributed by atoms with Crippen LogP contribution in [0.3, 0.4) is 0 Å². The number of anilines is 1. The van der Waals surface area contributed by atoms with Crippen molar-refractivity contribution in [2.45, 2.75) is 23.5 Å². The van der Waals surface area contributed by atoms with Crippen molar-refractivity contribution in [2.24, 2.45) is 5.73 Å². The highest BCUT2D eigenvalue weighted by Gasteiger charge is 2.43. The number of hydrogen-bond donors (Lipinski definition) is 3. The van der Waals surface area contributed by atoms with Gasteiger partial charge in [0, 0.05) is 18.7 Å². The molecule has 0 radical (unpaired) electrons. The van der Waals surface area contributed by atoms with Crippen LogP contribution < -0.4 is 11.5 Å². The first-order valence-electron chi connectivity index (χ1n) is 5.77. The number of aliphatic hydroxyl groups excluding tert-OH is 1. The molecule has 7 nitrogen and oxygen atoms in total. The first-order valence-corrected chi connectivity index (χ1v) is 7.21. The summed E-state index contributed by atoms with van der Waals surface area (Å²) in [6.07, 6.45) is -1.12. The van der Waals surface area contributed by atoms with Gasteiger partial charge in [0.15, 0.2) is 0 Å². The third kappa shape index (κ3) is 2.47. The van der Waals surface area contributed by atoms with Crippen molar-refractivity contribution in [1.82, 2.24) is 4.31 Å². The van der Waals surface area contributed by atoms with E-state index in [2.05, 4.69) is 0 Å². The summed E-state index contributed by atoms with van der Waals surface area (Å²) < 4.78 is 39.2. The summed E-state index contributed by atoms with van der Waals surface area (Å²) in [4.78, 5) is 10.7. The zero-order valence-electron chi connectivity index (χ0n) is 10.4. The van der Waals surface area contributed by atoms with Crippen LogP contribution in [0.4, 0.5) is 10.1 Å². The minimum atomic E-state index is -4.27. The molecule has 5 N–H and O–H groups in total. The van der Waals surface area contributed by atoms with E-state index < -0.39 is 38.8 Å². The van der Waals surface area contributed by atoms with Crippen molar-refractivity contribution >= 4 is 21.6 Å². The van der Waals surface area contributed by atoms with Crippen molar-refractivity contribution in [3.8, 4) is 0 Å². The summed E-state index contributed by atoms with van der Waals surface area (Å²) in [5, 5.41) is 9.51. The van der Waals surface area contributed by atoms with Gasteiger partial charge >= 0.3 is 0 Å². The Kier molecular flexibility index (Phi) is 3.67. The number of aliphatic hydroxyl groups is 1. The molecule has 2 rings (SSSR count). The molecule has 1 heterocycles. The first kappa shape index (κ1) is 14.7. The van der Waals surface area contributed by atoms with E-state index >= 15 is 0 Å². The lowest BCUT2D eigenvalue weighted by molar-refractivity contribution is -0.121. The number of nitrogens with two attached hydrogens (primary N) is 2. The Labute approximate surface area is 115 Å². The summed E-state index contributed by atoms with van der Waals surface area (Å²) in [6.45, 7) is -0.306. The molecule has 1 fully saturated rings. The van der Waals surface area contributed by atoms with Crippen LogP contribution in [0.2, 0.25) is 0 Å². The smallest absolute Gasteiger partial charge is 0.246 e. The highest BCUT2D eigenvalue weighted by atomic mass is 32.2. The maximum absolute atomic E-state index is 13.8. The minimum absolute atomic E-state index is 0.0781. The second kappa shape index (κ2) is 5.00. The fraction of sp³-hybridized carbons (Fsp3) is 0.364. The fourth-order valence-electron chi connectivity index (χ4n) is 2.16. The van der Waals surface area contributed by atoms with E-state index in [4.69, 9.17) is 11.5 Å². The number of carbonyl (C=O) groups excluding carboxylic acids is 1. The number of sulfonamides is 1. The normalized spacial score (nSPS) is 23.9. The van der Waals surface area contributed by atoms with Crippen molar-refractivity contribution < 1.29 is 22.7 Å². The summed E-state index contributed by atoms with van der Waals surface area (Å²) >= 11 is 0. The molecule has 1 aliphatic heterocycles. The van der Waals surface area contributed by atoms with Gasteiger partial charge in [-0.05, 0) is 18.2 Å². The van der Waals surface area contributed by atoms with Crippen molar-refractivity contribution in [3.05, 3.63) is 24.0 Å². The van der Waals surface area contributed by atoms with Crippen LogP contribution in [-0.4, -0.2) is 42.4 Å². The van der Waals surface area contributed by atoms with Gasteiger partial charge < -0.3 is 16.6 Å². The molecule has 0 aliphatic carbocycles. The van der Waals surface area contributed by atoms with Gasteiger partial charge in [0.1, 0.15) is 16.8 Å². The first-order chi connectivity index (χ1) is 9.23. The Morgan fingerprint density at radius 1 is 1.45 bits per heavy atom. The summed E-state index contributed by atoms with van der Waals surface area (Å²) in [5.74, 6) is -1.91. The maximum atomic E-state index is 13.8. The highest BCUT2D eigenvalue weighted by molar-refractivity contribution is 7.89. The fourth-order valence-corrected chi connectivity index (χ4v) is 3.85. The van der Waals surface area contributed by atoms with Crippen molar-refractivity contribution in [2.75, 3.05) is 12.3 Å².